The molecule has 0 bridgehead atoms. The Morgan fingerprint density at radius 3 is 3.26 bits per heavy atom. The maximum absolute atomic E-state index is 5.97. The van der Waals surface area contributed by atoms with E-state index in [1.54, 1.807) is 0 Å². The van der Waals surface area contributed by atoms with Crippen molar-refractivity contribution < 1.29 is 4.74 Å². The molecule has 104 valence electrons. The SMILES string of the molecule is c1nc(C2CN3CCCC3CO2)[nH]c1CNC1CC1. The van der Waals surface area contributed by atoms with Crippen LogP contribution in [-0.2, 0) is 11.3 Å². The fourth-order valence-corrected chi connectivity index (χ4v) is 3.15. The summed E-state index contributed by atoms with van der Waals surface area (Å²) in [4.78, 5) is 10.5. The number of rotatable bonds is 4. The van der Waals surface area contributed by atoms with Gasteiger partial charge in [-0.15, -0.1) is 0 Å². The van der Waals surface area contributed by atoms with E-state index < -0.39 is 0 Å². The van der Waals surface area contributed by atoms with Gasteiger partial charge in [-0.05, 0) is 32.2 Å². The van der Waals surface area contributed by atoms with Gasteiger partial charge in [0.15, 0.2) is 0 Å². The van der Waals surface area contributed by atoms with E-state index in [4.69, 9.17) is 4.74 Å². The van der Waals surface area contributed by atoms with Gasteiger partial charge in [0, 0.05) is 37.1 Å². The molecule has 1 aliphatic carbocycles. The Labute approximate surface area is 113 Å². The summed E-state index contributed by atoms with van der Waals surface area (Å²) < 4.78 is 5.97. The molecule has 1 aromatic heterocycles. The quantitative estimate of drug-likeness (QED) is 0.856. The van der Waals surface area contributed by atoms with Gasteiger partial charge in [0.2, 0.25) is 0 Å². The minimum atomic E-state index is 0.129. The molecular formula is C14H22N4O. The molecule has 19 heavy (non-hydrogen) atoms. The van der Waals surface area contributed by atoms with Crippen LogP contribution in [0.25, 0.3) is 0 Å². The second-order valence-corrected chi connectivity index (χ2v) is 6.06. The Bertz CT molecular complexity index is 442. The summed E-state index contributed by atoms with van der Waals surface area (Å²) in [5, 5.41) is 3.50. The van der Waals surface area contributed by atoms with Crippen molar-refractivity contribution >= 4 is 0 Å². The summed E-state index contributed by atoms with van der Waals surface area (Å²) in [6, 6.07) is 1.39. The monoisotopic (exact) mass is 262 g/mol. The van der Waals surface area contributed by atoms with Crippen molar-refractivity contribution in [2.75, 3.05) is 19.7 Å². The standard InChI is InChI=1S/C14H22N4O/c1-2-12-9-19-13(8-18(12)5-1)14-16-7-11(17-14)6-15-10-3-4-10/h7,10,12-13,15H,1-6,8-9H2,(H,16,17). The lowest BCUT2D eigenvalue weighted by Crippen LogP contribution is -2.42. The van der Waals surface area contributed by atoms with Crippen LogP contribution in [-0.4, -0.2) is 46.6 Å². The lowest BCUT2D eigenvalue weighted by molar-refractivity contribution is -0.0538. The molecule has 4 rings (SSSR count). The molecule has 0 radical (unpaired) electrons. The van der Waals surface area contributed by atoms with Gasteiger partial charge in [-0.3, -0.25) is 4.90 Å². The highest BCUT2D eigenvalue weighted by Crippen LogP contribution is 2.28. The molecule has 3 heterocycles. The Hall–Kier alpha value is -0.910. The highest BCUT2D eigenvalue weighted by Gasteiger charge is 2.33. The first-order valence-corrected chi connectivity index (χ1v) is 7.51. The van der Waals surface area contributed by atoms with Crippen LogP contribution in [0.5, 0.6) is 0 Å². The molecule has 2 aliphatic heterocycles. The summed E-state index contributed by atoms with van der Waals surface area (Å²) in [5.74, 6) is 0.998. The molecule has 0 aromatic carbocycles. The van der Waals surface area contributed by atoms with E-state index in [1.807, 2.05) is 6.20 Å². The summed E-state index contributed by atoms with van der Waals surface area (Å²) in [5.41, 5.74) is 1.18. The normalized spacial score (nSPS) is 31.6. The Morgan fingerprint density at radius 2 is 2.37 bits per heavy atom. The average molecular weight is 262 g/mol. The van der Waals surface area contributed by atoms with Crippen LogP contribution in [0.2, 0.25) is 0 Å². The molecule has 0 amide bonds. The third-order valence-corrected chi connectivity index (χ3v) is 4.50. The van der Waals surface area contributed by atoms with Crippen molar-refractivity contribution in [1.82, 2.24) is 20.2 Å². The Morgan fingerprint density at radius 1 is 1.42 bits per heavy atom. The first kappa shape index (κ1) is 11.9. The average Bonchev–Trinajstić information content (AvgIpc) is 2.96. The van der Waals surface area contributed by atoms with Crippen molar-refractivity contribution in [2.45, 2.75) is 50.4 Å². The first-order chi connectivity index (χ1) is 9.38. The maximum Gasteiger partial charge on any atom is 0.136 e. The van der Waals surface area contributed by atoms with E-state index in [2.05, 4.69) is 20.2 Å². The van der Waals surface area contributed by atoms with E-state index in [-0.39, 0.29) is 6.10 Å². The lowest BCUT2D eigenvalue weighted by Gasteiger charge is -2.34. The minimum Gasteiger partial charge on any atom is -0.367 e. The minimum absolute atomic E-state index is 0.129. The number of hydrogen-bond acceptors (Lipinski definition) is 4. The van der Waals surface area contributed by atoms with Crippen LogP contribution in [0.3, 0.4) is 0 Å². The number of nitrogens with zero attached hydrogens (tertiary/aromatic N) is 2. The van der Waals surface area contributed by atoms with E-state index in [1.165, 1.54) is 37.9 Å². The van der Waals surface area contributed by atoms with E-state index in [9.17, 15) is 0 Å². The fraction of sp³-hybridized carbons (Fsp3) is 0.786. The molecule has 5 heteroatoms. The molecule has 3 fully saturated rings. The van der Waals surface area contributed by atoms with Crippen molar-refractivity contribution in [3.05, 3.63) is 17.7 Å². The number of aromatic nitrogens is 2. The van der Waals surface area contributed by atoms with E-state index >= 15 is 0 Å². The zero-order valence-electron chi connectivity index (χ0n) is 11.3. The lowest BCUT2D eigenvalue weighted by atomic mass is 10.2. The number of morpholine rings is 1. The topological polar surface area (TPSA) is 53.2 Å². The molecular weight excluding hydrogens is 240 g/mol. The number of H-pyrrole nitrogens is 1. The van der Waals surface area contributed by atoms with E-state index in [0.29, 0.717) is 6.04 Å². The van der Waals surface area contributed by atoms with Gasteiger partial charge in [-0.2, -0.15) is 0 Å². The molecule has 2 N–H and O–H groups in total. The zero-order chi connectivity index (χ0) is 12.7. The Kier molecular flexibility index (Phi) is 3.06. The van der Waals surface area contributed by atoms with Crippen LogP contribution in [0, 0.1) is 0 Å². The second kappa shape index (κ2) is 4.89. The fourth-order valence-electron chi connectivity index (χ4n) is 3.15. The molecule has 2 atom stereocenters. The smallest absolute Gasteiger partial charge is 0.136 e. The molecule has 5 nitrogen and oxygen atoms in total. The number of nitrogens with one attached hydrogen (secondary N) is 2. The molecule has 1 aromatic rings. The van der Waals surface area contributed by atoms with E-state index in [0.717, 1.165) is 31.6 Å². The van der Waals surface area contributed by atoms with Crippen molar-refractivity contribution in [3.8, 4) is 0 Å². The molecule has 2 unspecified atom stereocenters. The zero-order valence-corrected chi connectivity index (χ0v) is 11.3. The summed E-state index contributed by atoms with van der Waals surface area (Å²) >= 11 is 0. The van der Waals surface area contributed by atoms with Gasteiger partial charge >= 0.3 is 0 Å². The molecule has 0 spiro atoms. The maximum atomic E-state index is 5.97. The predicted molar refractivity (Wildman–Crippen MR) is 71.7 cm³/mol. The third-order valence-electron chi connectivity index (χ3n) is 4.50. The third kappa shape index (κ3) is 2.55. The molecule has 3 aliphatic rings. The van der Waals surface area contributed by atoms with Crippen molar-refractivity contribution in [2.24, 2.45) is 0 Å². The molecule has 1 saturated carbocycles. The number of ether oxygens (including phenoxy) is 1. The highest BCUT2D eigenvalue weighted by atomic mass is 16.5. The first-order valence-electron chi connectivity index (χ1n) is 7.51. The van der Waals surface area contributed by atoms with Crippen LogP contribution in [0.4, 0.5) is 0 Å². The van der Waals surface area contributed by atoms with Gasteiger partial charge in [-0.1, -0.05) is 0 Å². The number of aromatic amines is 1. The summed E-state index contributed by atoms with van der Waals surface area (Å²) in [7, 11) is 0. The largest absolute Gasteiger partial charge is 0.367 e. The summed E-state index contributed by atoms with van der Waals surface area (Å²) in [6.07, 6.45) is 7.33. The Balaban J connectivity index is 1.38. The van der Waals surface area contributed by atoms with Crippen LogP contribution in [0.15, 0.2) is 6.20 Å². The number of fused-ring (bicyclic) bond motifs is 1. The van der Waals surface area contributed by atoms with Gasteiger partial charge < -0.3 is 15.0 Å². The van der Waals surface area contributed by atoms with Crippen LogP contribution >= 0.6 is 0 Å². The number of hydrogen-bond donors (Lipinski definition) is 2. The van der Waals surface area contributed by atoms with Crippen LogP contribution in [0.1, 0.15) is 43.3 Å². The van der Waals surface area contributed by atoms with Gasteiger partial charge in [0.05, 0.1) is 6.61 Å². The summed E-state index contributed by atoms with van der Waals surface area (Å²) in [6.45, 7) is 3.98. The predicted octanol–water partition coefficient (Wildman–Crippen LogP) is 1.20. The highest BCUT2D eigenvalue weighted by molar-refractivity contribution is 5.06. The van der Waals surface area contributed by atoms with Gasteiger partial charge in [0.25, 0.3) is 0 Å². The molecule has 2 saturated heterocycles. The van der Waals surface area contributed by atoms with Crippen molar-refractivity contribution in [3.63, 3.8) is 0 Å². The van der Waals surface area contributed by atoms with Crippen LogP contribution < -0.4 is 5.32 Å². The van der Waals surface area contributed by atoms with Crippen molar-refractivity contribution in [1.29, 1.82) is 0 Å². The van der Waals surface area contributed by atoms with Gasteiger partial charge in [0.1, 0.15) is 11.9 Å². The van der Waals surface area contributed by atoms with Gasteiger partial charge in [-0.25, -0.2) is 4.98 Å². The number of imidazole rings is 1. The second-order valence-electron chi connectivity index (χ2n) is 6.06.